The largest absolute Gasteiger partial charge is 0.340 e. The molecule has 0 unspecified atom stereocenters. The maximum absolute atomic E-state index is 11.6. The molecule has 2 fully saturated rings. The molecule has 0 radical (unpaired) electrons. The quantitative estimate of drug-likeness (QED) is 0.458. The molecule has 2 aromatic rings. The molecule has 12 heteroatoms. The van der Waals surface area contributed by atoms with Crippen molar-refractivity contribution in [1.82, 2.24) is 0 Å². The summed E-state index contributed by atoms with van der Waals surface area (Å²) in [7, 11) is -7.50. The summed E-state index contributed by atoms with van der Waals surface area (Å²) in [6, 6.07) is 18.2. The Kier molecular flexibility index (Phi) is 7.69. The van der Waals surface area contributed by atoms with Gasteiger partial charge in [0.2, 0.25) is 0 Å². The average molecular weight is 515 g/mol. The van der Waals surface area contributed by atoms with Gasteiger partial charge in [-0.25, -0.2) is 0 Å². The van der Waals surface area contributed by atoms with E-state index in [0.717, 1.165) is 23.6 Å². The summed E-state index contributed by atoms with van der Waals surface area (Å²) in [5.74, 6) is 0. The van der Waals surface area contributed by atoms with Crippen LogP contribution in [0.2, 0.25) is 0 Å². The molecule has 2 aliphatic rings. The van der Waals surface area contributed by atoms with Crippen LogP contribution in [-0.2, 0) is 47.5 Å². The highest BCUT2D eigenvalue weighted by Crippen LogP contribution is 2.41. The SMILES string of the molecule is CS(=O)(=O)OC[C@@H]1O[C@H](c2ccccc2)O[C@@H]1[C@H]1O[C@H](c2ccccc2)O[C@H]1COS(C)(=O)=O. The number of rotatable bonds is 9. The van der Waals surface area contributed by atoms with Crippen molar-refractivity contribution in [3.8, 4) is 0 Å². The lowest BCUT2D eigenvalue weighted by molar-refractivity contribution is -0.107. The molecule has 4 rings (SSSR count). The van der Waals surface area contributed by atoms with Crippen LogP contribution >= 0.6 is 0 Å². The predicted molar refractivity (Wildman–Crippen MR) is 119 cm³/mol. The minimum atomic E-state index is -3.75. The Morgan fingerprint density at radius 2 is 0.971 bits per heavy atom. The first kappa shape index (κ1) is 25.2. The molecule has 0 spiro atoms. The second kappa shape index (κ2) is 10.4. The molecule has 2 aliphatic heterocycles. The lowest BCUT2D eigenvalue weighted by Crippen LogP contribution is -2.45. The van der Waals surface area contributed by atoms with Crippen molar-refractivity contribution in [2.45, 2.75) is 37.0 Å². The lowest BCUT2D eigenvalue weighted by Gasteiger charge is -2.25. The second-order valence-corrected chi connectivity index (χ2v) is 11.3. The first-order valence-electron chi connectivity index (χ1n) is 10.5. The third-order valence-electron chi connectivity index (χ3n) is 5.25. The minimum Gasteiger partial charge on any atom is -0.340 e. The van der Waals surface area contributed by atoms with E-state index in [1.807, 2.05) is 60.7 Å². The van der Waals surface area contributed by atoms with Crippen molar-refractivity contribution >= 4 is 20.2 Å². The Morgan fingerprint density at radius 1 is 0.618 bits per heavy atom. The van der Waals surface area contributed by atoms with E-state index in [1.54, 1.807) is 0 Å². The molecule has 2 heterocycles. The Balaban J connectivity index is 1.60. The van der Waals surface area contributed by atoms with E-state index >= 15 is 0 Å². The molecule has 0 amide bonds. The number of benzene rings is 2. The third kappa shape index (κ3) is 6.61. The van der Waals surface area contributed by atoms with E-state index in [1.165, 1.54) is 0 Å². The summed E-state index contributed by atoms with van der Waals surface area (Å²) in [5, 5.41) is 0. The van der Waals surface area contributed by atoms with Gasteiger partial charge in [0.05, 0.1) is 25.7 Å². The van der Waals surface area contributed by atoms with Crippen molar-refractivity contribution in [1.29, 1.82) is 0 Å². The molecular formula is C22H26O10S2. The molecule has 6 atom stereocenters. The number of hydrogen-bond acceptors (Lipinski definition) is 10. The summed E-state index contributed by atoms with van der Waals surface area (Å²) in [4.78, 5) is 0. The van der Waals surface area contributed by atoms with E-state index in [9.17, 15) is 16.8 Å². The fourth-order valence-electron chi connectivity index (χ4n) is 3.76. The van der Waals surface area contributed by atoms with Gasteiger partial charge in [-0.2, -0.15) is 16.8 Å². The van der Waals surface area contributed by atoms with Gasteiger partial charge >= 0.3 is 0 Å². The van der Waals surface area contributed by atoms with Crippen molar-refractivity contribution in [2.24, 2.45) is 0 Å². The van der Waals surface area contributed by atoms with Crippen LogP contribution in [-0.4, -0.2) is 67.0 Å². The monoisotopic (exact) mass is 514 g/mol. The predicted octanol–water partition coefficient (Wildman–Crippen LogP) is 1.90. The van der Waals surface area contributed by atoms with Crippen molar-refractivity contribution in [2.75, 3.05) is 25.7 Å². The smallest absolute Gasteiger partial charge is 0.264 e. The van der Waals surface area contributed by atoms with Crippen LogP contribution < -0.4 is 0 Å². The second-order valence-electron chi connectivity index (χ2n) is 8.01. The summed E-state index contributed by atoms with van der Waals surface area (Å²) < 4.78 is 80.8. The molecule has 2 aromatic carbocycles. The van der Waals surface area contributed by atoms with Gasteiger partial charge in [0.25, 0.3) is 20.2 Å². The van der Waals surface area contributed by atoms with Gasteiger partial charge in [-0.1, -0.05) is 60.7 Å². The molecule has 34 heavy (non-hydrogen) atoms. The minimum absolute atomic E-state index is 0.317. The summed E-state index contributed by atoms with van der Waals surface area (Å²) in [5.41, 5.74) is 1.44. The van der Waals surface area contributed by atoms with Crippen LogP contribution in [0.4, 0.5) is 0 Å². The van der Waals surface area contributed by atoms with Gasteiger partial charge in [-0.15, -0.1) is 0 Å². The summed E-state index contributed by atoms with van der Waals surface area (Å²) >= 11 is 0. The van der Waals surface area contributed by atoms with Crippen LogP contribution in [0.25, 0.3) is 0 Å². The summed E-state index contributed by atoms with van der Waals surface area (Å²) in [6.45, 7) is -0.634. The number of hydrogen-bond donors (Lipinski definition) is 0. The molecule has 186 valence electrons. The van der Waals surface area contributed by atoms with Gasteiger partial charge in [-0.05, 0) is 0 Å². The van der Waals surface area contributed by atoms with Crippen LogP contribution in [0, 0.1) is 0 Å². The first-order valence-corrected chi connectivity index (χ1v) is 14.1. The van der Waals surface area contributed by atoms with Crippen molar-refractivity contribution in [3.05, 3.63) is 71.8 Å². The van der Waals surface area contributed by atoms with Crippen LogP contribution in [0.1, 0.15) is 23.7 Å². The first-order chi connectivity index (χ1) is 16.1. The van der Waals surface area contributed by atoms with Crippen LogP contribution in [0.3, 0.4) is 0 Å². The Labute approximate surface area is 198 Å². The van der Waals surface area contributed by atoms with Crippen LogP contribution in [0.5, 0.6) is 0 Å². The van der Waals surface area contributed by atoms with Gasteiger partial charge in [0.1, 0.15) is 24.4 Å². The Bertz CT molecular complexity index is 1060. The van der Waals surface area contributed by atoms with Gasteiger partial charge in [0.15, 0.2) is 12.6 Å². The van der Waals surface area contributed by atoms with E-state index < -0.39 is 57.2 Å². The Morgan fingerprint density at radius 3 is 1.29 bits per heavy atom. The van der Waals surface area contributed by atoms with Gasteiger partial charge in [-0.3, -0.25) is 8.37 Å². The number of ether oxygens (including phenoxy) is 4. The molecule has 2 saturated heterocycles. The third-order valence-corrected chi connectivity index (χ3v) is 6.38. The average Bonchev–Trinajstić information content (AvgIpc) is 3.41. The molecule has 0 aromatic heterocycles. The van der Waals surface area contributed by atoms with Gasteiger partial charge < -0.3 is 18.9 Å². The van der Waals surface area contributed by atoms with E-state index in [0.29, 0.717) is 0 Å². The Hall–Kier alpha value is -1.90. The van der Waals surface area contributed by atoms with E-state index in [-0.39, 0.29) is 13.2 Å². The fraction of sp³-hybridized carbons (Fsp3) is 0.455. The normalized spacial score (nSPS) is 29.9. The molecule has 0 bridgehead atoms. The lowest BCUT2D eigenvalue weighted by atomic mass is 10.0. The summed E-state index contributed by atoms with van der Waals surface area (Å²) in [6.07, 6.45) is -3.10. The highest BCUT2D eigenvalue weighted by Gasteiger charge is 2.50. The van der Waals surface area contributed by atoms with Gasteiger partial charge in [0, 0.05) is 11.1 Å². The molecule has 0 saturated carbocycles. The standard InChI is InChI=1S/C22H26O10S2/c1-33(23,24)27-13-17-19(31-21(29-17)15-9-5-3-6-10-15)20-18(14-28-34(2,25)26)30-22(32-20)16-11-7-4-8-12-16/h3-12,17-22H,13-14H2,1-2H3/t17-,18-,19-,20-,21-,22+/m0/s1. The highest BCUT2D eigenvalue weighted by atomic mass is 32.2. The fourth-order valence-corrected chi connectivity index (χ4v) is 4.52. The van der Waals surface area contributed by atoms with Crippen molar-refractivity contribution < 1.29 is 44.1 Å². The maximum atomic E-state index is 11.6. The zero-order valence-electron chi connectivity index (χ0n) is 18.6. The maximum Gasteiger partial charge on any atom is 0.264 e. The zero-order valence-corrected chi connectivity index (χ0v) is 20.2. The zero-order chi connectivity index (χ0) is 24.3. The molecular weight excluding hydrogens is 488 g/mol. The molecule has 0 N–H and O–H groups in total. The van der Waals surface area contributed by atoms with Crippen molar-refractivity contribution in [3.63, 3.8) is 0 Å². The highest BCUT2D eigenvalue weighted by molar-refractivity contribution is 7.86. The molecule has 0 aliphatic carbocycles. The van der Waals surface area contributed by atoms with E-state index in [2.05, 4.69) is 0 Å². The van der Waals surface area contributed by atoms with Crippen LogP contribution in [0.15, 0.2) is 60.7 Å². The molecule has 10 nitrogen and oxygen atoms in total. The topological polar surface area (TPSA) is 124 Å². The van der Waals surface area contributed by atoms with E-state index in [4.69, 9.17) is 27.3 Å².